The van der Waals surface area contributed by atoms with Gasteiger partial charge in [0.25, 0.3) is 5.56 Å². The van der Waals surface area contributed by atoms with Gasteiger partial charge in [-0.05, 0) is 36.6 Å². The predicted octanol–water partition coefficient (Wildman–Crippen LogP) is 5.26. The van der Waals surface area contributed by atoms with E-state index in [1.165, 1.54) is 11.3 Å². The molecular weight excluding hydrogens is 557 g/mol. The maximum Gasteiger partial charge on any atom is 0.417 e. The summed E-state index contributed by atoms with van der Waals surface area (Å²) in [5, 5.41) is 6.56. The van der Waals surface area contributed by atoms with Crippen molar-refractivity contribution in [2.24, 2.45) is 5.16 Å². The average molecular weight is 581 g/mol. The number of carbonyl (C=O) groups excluding carboxylic acids is 1. The largest absolute Gasteiger partial charge is 0.497 e. The maximum atomic E-state index is 13.1. The summed E-state index contributed by atoms with van der Waals surface area (Å²) in [5.74, 6) is 0.468. The lowest BCUT2D eigenvalue weighted by Crippen LogP contribution is -2.41. The highest BCUT2D eigenvalue weighted by Gasteiger charge is 2.33. The zero-order valence-corrected chi connectivity index (χ0v) is 22.4. The molecule has 4 heterocycles. The summed E-state index contributed by atoms with van der Waals surface area (Å²) >= 11 is 7.23. The van der Waals surface area contributed by atoms with Gasteiger partial charge in [0, 0.05) is 37.0 Å². The number of hydrogen-bond acceptors (Lipinski definition) is 7. The first-order chi connectivity index (χ1) is 18.6. The minimum absolute atomic E-state index is 0.138. The van der Waals surface area contributed by atoms with Crippen LogP contribution in [0.4, 0.5) is 13.2 Å². The van der Waals surface area contributed by atoms with Crippen LogP contribution in [0.2, 0.25) is 5.02 Å². The number of amides is 1. The molecule has 0 spiro atoms. The molecule has 206 valence electrons. The van der Waals surface area contributed by atoms with Crippen LogP contribution in [0.25, 0.3) is 0 Å². The van der Waals surface area contributed by atoms with E-state index in [1.54, 1.807) is 12.0 Å². The molecule has 1 fully saturated rings. The molecule has 8 nitrogen and oxygen atoms in total. The van der Waals surface area contributed by atoms with Crippen molar-refractivity contribution in [2.45, 2.75) is 44.0 Å². The summed E-state index contributed by atoms with van der Waals surface area (Å²) < 4.78 is 45.2. The number of methoxy groups -OCH3 is 1. The second kappa shape index (κ2) is 11.0. The van der Waals surface area contributed by atoms with Crippen LogP contribution in [-0.4, -0.2) is 46.3 Å². The van der Waals surface area contributed by atoms with Crippen LogP contribution < -0.4 is 10.3 Å². The van der Waals surface area contributed by atoms with Crippen molar-refractivity contribution in [3.05, 3.63) is 79.1 Å². The van der Waals surface area contributed by atoms with E-state index in [9.17, 15) is 22.8 Å². The number of carbonyl (C=O) groups is 1. The molecule has 0 bridgehead atoms. The zero-order chi connectivity index (χ0) is 27.7. The number of hydrogen-bond donors (Lipinski definition) is 0. The molecule has 0 N–H and O–H groups in total. The van der Waals surface area contributed by atoms with Crippen molar-refractivity contribution in [2.75, 3.05) is 20.2 Å². The number of halogens is 4. The second-order valence-electron chi connectivity index (χ2n) is 9.34. The number of nitrogens with zero attached hydrogens (tertiary/aromatic N) is 4. The predicted molar refractivity (Wildman–Crippen MR) is 139 cm³/mol. The second-order valence-corrected chi connectivity index (χ2v) is 10.6. The number of rotatable bonds is 6. The molecule has 39 heavy (non-hydrogen) atoms. The number of pyridine rings is 1. The van der Waals surface area contributed by atoms with Gasteiger partial charge in [-0.1, -0.05) is 28.9 Å². The van der Waals surface area contributed by atoms with Gasteiger partial charge in [0.05, 0.1) is 23.4 Å². The Morgan fingerprint density at radius 1 is 1.23 bits per heavy atom. The lowest BCUT2D eigenvalue weighted by atomic mass is 9.97. The Hall–Kier alpha value is -3.38. The Kier molecular flexibility index (Phi) is 7.68. The average Bonchev–Trinajstić information content (AvgIpc) is 3.61. The van der Waals surface area contributed by atoms with Gasteiger partial charge in [0.1, 0.15) is 23.0 Å². The van der Waals surface area contributed by atoms with Gasteiger partial charge < -0.3 is 19.0 Å². The molecule has 2 aliphatic rings. The van der Waals surface area contributed by atoms with Crippen molar-refractivity contribution in [1.82, 2.24) is 14.5 Å². The Bertz CT molecular complexity index is 1450. The van der Waals surface area contributed by atoms with Crippen LogP contribution in [0.3, 0.4) is 0 Å². The monoisotopic (exact) mass is 580 g/mol. The van der Waals surface area contributed by atoms with Gasteiger partial charge in [-0.2, -0.15) is 13.2 Å². The van der Waals surface area contributed by atoms with E-state index in [1.807, 2.05) is 29.6 Å². The fourth-order valence-electron chi connectivity index (χ4n) is 4.63. The summed E-state index contributed by atoms with van der Waals surface area (Å²) in [7, 11) is 1.61. The minimum atomic E-state index is -4.68. The highest BCUT2D eigenvalue weighted by molar-refractivity contribution is 7.10. The number of aromatic nitrogens is 2. The van der Waals surface area contributed by atoms with Crippen molar-refractivity contribution < 1.29 is 27.5 Å². The molecular formula is C26H24ClF3N4O4S. The Morgan fingerprint density at radius 3 is 2.62 bits per heavy atom. The zero-order valence-electron chi connectivity index (χ0n) is 20.8. The summed E-state index contributed by atoms with van der Waals surface area (Å²) in [6, 6.07) is 8.22. The number of likely N-dealkylation sites (tertiary alicyclic amines) is 1. The molecule has 1 amide bonds. The summed E-state index contributed by atoms with van der Waals surface area (Å²) in [4.78, 5) is 37.0. The first-order valence-electron chi connectivity index (χ1n) is 12.2. The molecule has 0 aliphatic carbocycles. The Morgan fingerprint density at radius 2 is 1.95 bits per heavy atom. The molecule has 3 aromatic rings. The number of alkyl halides is 3. The van der Waals surface area contributed by atoms with E-state index in [2.05, 4.69) is 5.16 Å². The summed E-state index contributed by atoms with van der Waals surface area (Å²) in [5.41, 5.74) is 0.625. The third-order valence-electron chi connectivity index (χ3n) is 6.85. The summed E-state index contributed by atoms with van der Waals surface area (Å²) in [6.45, 7) is 0.302. The van der Waals surface area contributed by atoms with Gasteiger partial charge in [-0.3, -0.25) is 9.59 Å². The summed E-state index contributed by atoms with van der Waals surface area (Å²) in [6.07, 6.45) is -2.35. The Balaban J connectivity index is 1.17. The third kappa shape index (κ3) is 5.96. The van der Waals surface area contributed by atoms with Crippen LogP contribution in [0.5, 0.6) is 5.75 Å². The van der Waals surface area contributed by atoms with Crippen LogP contribution >= 0.6 is 22.9 Å². The maximum absolute atomic E-state index is 13.1. The highest BCUT2D eigenvalue weighted by Crippen LogP contribution is 2.34. The molecule has 1 saturated heterocycles. The quantitative estimate of drug-likeness (QED) is 0.397. The van der Waals surface area contributed by atoms with Crippen LogP contribution in [0.15, 0.2) is 51.9 Å². The van der Waals surface area contributed by atoms with Crippen molar-refractivity contribution >= 4 is 34.6 Å². The standard InChI is InChI=1S/C26H24ClF3N4O4S/c1-37-18-4-2-15(3-5-18)22-11-20(32-38-22)21-14-39-24(31-21)16-6-8-33(9-7-16)23(35)13-34-12-17(26(28,29)30)10-19(27)25(34)36/h2-5,10,12,14,16,22H,6-9,11,13H2,1H3. The molecule has 2 aliphatic heterocycles. The first-order valence-corrected chi connectivity index (χ1v) is 13.5. The lowest BCUT2D eigenvalue weighted by molar-refractivity contribution is -0.139. The van der Waals surface area contributed by atoms with Crippen LogP contribution in [0, 0.1) is 0 Å². The SMILES string of the molecule is COc1ccc(C2CC(c3csc(C4CCN(C(=O)Cn5cc(C(F)(F)F)cc(Cl)c5=O)CC4)n3)=NO2)cc1. The lowest BCUT2D eigenvalue weighted by Gasteiger charge is -2.31. The van der Waals surface area contributed by atoms with E-state index in [0.717, 1.165) is 32.3 Å². The number of benzene rings is 1. The van der Waals surface area contributed by atoms with E-state index in [4.69, 9.17) is 26.2 Å². The van der Waals surface area contributed by atoms with Gasteiger partial charge >= 0.3 is 6.18 Å². The van der Waals surface area contributed by atoms with Gasteiger partial charge in [-0.15, -0.1) is 11.3 Å². The van der Waals surface area contributed by atoms with Crippen molar-refractivity contribution in [3.63, 3.8) is 0 Å². The molecule has 0 radical (unpaired) electrons. The number of piperidine rings is 1. The molecule has 13 heteroatoms. The van der Waals surface area contributed by atoms with E-state index >= 15 is 0 Å². The number of ether oxygens (including phenoxy) is 1. The Labute approximate surface area is 230 Å². The molecule has 1 aromatic carbocycles. The number of oxime groups is 1. The molecule has 2 aromatic heterocycles. The van der Waals surface area contributed by atoms with E-state index in [-0.39, 0.29) is 12.0 Å². The normalized spacial score (nSPS) is 18.1. The molecule has 5 rings (SSSR count). The first kappa shape index (κ1) is 27.2. The molecule has 1 atom stereocenters. The van der Waals surface area contributed by atoms with Crippen LogP contribution in [0.1, 0.15) is 53.1 Å². The van der Waals surface area contributed by atoms with Gasteiger partial charge in [-0.25, -0.2) is 4.98 Å². The van der Waals surface area contributed by atoms with Crippen molar-refractivity contribution in [3.8, 4) is 5.75 Å². The topological polar surface area (TPSA) is 86.0 Å². The minimum Gasteiger partial charge on any atom is -0.497 e. The van der Waals surface area contributed by atoms with Crippen LogP contribution in [-0.2, 0) is 22.4 Å². The van der Waals surface area contributed by atoms with E-state index < -0.39 is 34.8 Å². The highest BCUT2D eigenvalue weighted by atomic mass is 35.5. The fourth-order valence-corrected chi connectivity index (χ4v) is 5.85. The smallest absolute Gasteiger partial charge is 0.417 e. The van der Waals surface area contributed by atoms with Crippen molar-refractivity contribution in [1.29, 1.82) is 0 Å². The van der Waals surface area contributed by atoms with E-state index in [0.29, 0.717) is 44.6 Å². The third-order valence-corrected chi connectivity index (χ3v) is 8.12. The molecule has 1 unspecified atom stereocenters. The fraction of sp³-hybridized carbons (Fsp3) is 0.385. The molecule has 0 saturated carbocycles. The number of thiazole rings is 1. The van der Waals surface area contributed by atoms with Gasteiger partial charge in [0.15, 0.2) is 6.10 Å². The van der Waals surface area contributed by atoms with Gasteiger partial charge in [0.2, 0.25) is 5.91 Å².